The minimum absolute atomic E-state index is 0.110. The number of nitrogens with zero attached hydrogens (tertiary/aromatic N) is 1. The number of allylic oxidation sites excluding steroid dienone is 1. The highest BCUT2D eigenvalue weighted by Crippen LogP contribution is 2.15. The van der Waals surface area contributed by atoms with Crippen LogP contribution in [-0.4, -0.2) is 43.0 Å². The summed E-state index contributed by atoms with van der Waals surface area (Å²) in [5, 5.41) is 0. The van der Waals surface area contributed by atoms with Crippen LogP contribution in [0, 0.1) is 0 Å². The average molecular weight is 197 g/mol. The van der Waals surface area contributed by atoms with Crippen molar-refractivity contribution < 1.29 is 9.53 Å². The molecule has 3 heteroatoms. The predicted octanol–water partition coefficient (Wildman–Crippen LogP) is 1.24. The number of likely N-dealkylation sites (tertiary alicyclic amines) is 1. The van der Waals surface area contributed by atoms with Crippen LogP contribution in [0.3, 0.4) is 0 Å². The van der Waals surface area contributed by atoms with E-state index < -0.39 is 0 Å². The van der Waals surface area contributed by atoms with Gasteiger partial charge in [-0.05, 0) is 26.3 Å². The van der Waals surface area contributed by atoms with E-state index in [9.17, 15) is 4.79 Å². The largest absolute Gasteiger partial charge is 0.380 e. The minimum Gasteiger partial charge on any atom is -0.380 e. The van der Waals surface area contributed by atoms with Crippen molar-refractivity contribution in [1.29, 1.82) is 0 Å². The Morgan fingerprint density at radius 3 is 2.86 bits per heavy atom. The number of hydrogen-bond donors (Lipinski definition) is 0. The maximum Gasteiger partial charge on any atom is 0.152 e. The highest BCUT2D eigenvalue weighted by atomic mass is 16.5. The highest BCUT2D eigenvalue weighted by molar-refractivity contribution is 5.87. The molecule has 2 atom stereocenters. The van der Waals surface area contributed by atoms with Crippen LogP contribution in [0.2, 0.25) is 0 Å². The molecule has 1 saturated heterocycles. The summed E-state index contributed by atoms with van der Waals surface area (Å²) in [6.07, 6.45) is 5.06. The molecule has 0 spiro atoms. The van der Waals surface area contributed by atoms with E-state index in [2.05, 4.69) is 11.8 Å². The van der Waals surface area contributed by atoms with Gasteiger partial charge in [0.1, 0.15) is 0 Å². The molecule has 2 unspecified atom stereocenters. The molecule has 0 saturated carbocycles. The molecule has 1 fully saturated rings. The Morgan fingerprint density at radius 2 is 2.36 bits per heavy atom. The summed E-state index contributed by atoms with van der Waals surface area (Å²) in [6, 6.07) is 0.332. The summed E-state index contributed by atoms with van der Waals surface area (Å²) in [5.41, 5.74) is 0. The summed E-state index contributed by atoms with van der Waals surface area (Å²) in [5.74, 6) is 0.110. The molecule has 0 N–H and O–H groups in total. The van der Waals surface area contributed by atoms with Gasteiger partial charge in [-0.15, -0.1) is 0 Å². The number of carbonyl (C=O) groups excluding carboxylic acids is 1. The Labute approximate surface area is 85.7 Å². The molecular weight excluding hydrogens is 178 g/mol. The molecule has 1 aliphatic rings. The summed E-state index contributed by atoms with van der Waals surface area (Å²) >= 11 is 0. The Morgan fingerprint density at radius 1 is 1.64 bits per heavy atom. The van der Waals surface area contributed by atoms with Crippen LogP contribution in [-0.2, 0) is 9.53 Å². The molecule has 0 aromatic rings. The molecule has 1 aliphatic heterocycles. The second-order valence-electron chi connectivity index (χ2n) is 3.85. The zero-order valence-corrected chi connectivity index (χ0v) is 9.19. The van der Waals surface area contributed by atoms with Crippen LogP contribution >= 0.6 is 0 Å². The van der Waals surface area contributed by atoms with E-state index in [1.165, 1.54) is 0 Å². The van der Waals surface area contributed by atoms with Gasteiger partial charge in [-0.25, -0.2) is 0 Å². The van der Waals surface area contributed by atoms with Crippen LogP contribution in [0.1, 0.15) is 20.3 Å². The molecule has 0 amide bonds. The first-order valence-electron chi connectivity index (χ1n) is 5.09. The van der Waals surface area contributed by atoms with Crippen LogP contribution in [0.5, 0.6) is 0 Å². The Hall–Kier alpha value is -0.670. The van der Waals surface area contributed by atoms with Gasteiger partial charge in [-0.3, -0.25) is 9.69 Å². The molecule has 3 nitrogen and oxygen atoms in total. The molecule has 80 valence electrons. The second kappa shape index (κ2) is 5.27. The zero-order chi connectivity index (χ0) is 10.6. The lowest BCUT2D eigenvalue weighted by atomic mass is 10.2. The number of carbonyl (C=O) groups is 1. The standard InChI is InChI=1S/C11H19NO2/c1-9(4-5-10(2)13)12-7-6-11(8-12)14-3/h4-5,9,11H,6-8H2,1-3H3/b5-4+. The number of ketones is 1. The van der Waals surface area contributed by atoms with Gasteiger partial charge in [-0.1, -0.05) is 6.08 Å². The van der Waals surface area contributed by atoms with Crippen LogP contribution in [0.15, 0.2) is 12.2 Å². The first-order chi connectivity index (χ1) is 6.63. The lowest BCUT2D eigenvalue weighted by molar-refractivity contribution is -0.112. The third kappa shape index (κ3) is 3.24. The summed E-state index contributed by atoms with van der Waals surface area (Å²) in [6.45, 7) is 5.71. The van der Waals surface area contributed by atoms with E-state index in [1.807, 2.05) is 6.08 Å². The van der Waals surface area contributed by atoms with Crippen molar-refractivity contribution in [3.63, 3.8) is 0 Å². The molecule has 0 aromatic heterocycles. The van der Waals surface area contributed by atoms with Crippen molar-refractivity contribution in [3.05, 3.63) is 12.2 Å². The van der Waals surface area contributed by atoms with Crippen molar-refractivity contribution >= 4 is 5.78 Å². The number of rotatable bonds is 4. The van der Waals surface area contributed by atoms with Gasteiger partial charge in [0, 0.05) is 26.2 Å². The summed E-state index contributed by atoms with van der Waals surface area (Å²) < 4.78 is 5.28. The van der Waals surface area contributed by atoms with Gasteiger partial charge in [0.2, 0.25) is 0 Å². The fourth-order valence-electron chi connectivity index (χ4n) is 1.71. The maximum absolute atomic E-state index is 10.8. The number of hydrogen-bond acceptors (Lipinski definition) is 3. The van der Waals surface area contributed by atoms with E-state index in [4.69, 9.17) is 4.74 Å². The zero-order valence-electron chi connectivity index (χ0n) is 9.19. The van der Waals surface area contributed by atoms with Crippen molar-refractivity contribution in [1.82, 2.24) is 4.90 Å². The molecule has 1 heterocycles. The normalized spacial score (nSPS) is 25.8. The molecule has 1 rings (SSSR count). The first kappa shape index (κ1) is 11.4. The summed E-state index contributed by atoms with van der Waals surface area (Å²) in [4.78, 5) is 13.1. The highest BCUT2D eigenvalue weighted by Gasteiger charge is 2.24. The van der Waals surface area contributed by atoms with E-state index in [-0.39, 0.29) is 5.78 Å². The van der Waals surface area contributed by atoms with Gasteiger partial charge in [0.25, 0.3) is 0 Å². The summed E-state index contributed by atoms with van der Waals surface area (Å²) in [7, 11) is 1.75. The third-order valence-electron chi connectivity index (χ3n) is 2.70. The van der Waals surface area contributed by atoms with E-state index >= 15 is 0 Å². The first-order valence-corrected chi connectivity index (χ1v) is 5.09. The lowest BCUT2D eigenvalue weighted by Gasteiger charge is -2.20. The van der Waals surface area contributed by atoms with Gasteiger partial charge in [0.15, 0.2) is 5.78 Å². The average Bonchev–Trinajstić information content (AvgIpc) is 2.62. The fraction of sp³-hybridized carbons (Fsp3) is 0.727. The Bertz CT molecular complexity index is 225. The topological polar surface area (TPSA) is 29.5 Å². The molecule has 0 aromatic carbocycles. The Balaban J connectivity index is 2.39. The van der Waals surface area contributed by atoms with Crippen LogP contribution in [0.4, 0.5) is 0 Å². The van der Waals surface area contributed by atoms with Gasteiger partial charge in [-0.2, -0.15) is 0 Å². The fourth-order valence-corrected chi connectivity index (χ4v) is 1.71. The third-order valence-corrected chi connectivity index (χ3v) is 2.70. The predicted molar refractivity (Wildman–Crippen MR) is 56.3 cm³/mol. The monoisotopic (exact) mass is 197 g/mol. The van der Waals surface area contributed by atoms with Crippen LogP contribution in [0.25, 0.3) is 0 Å². The van der Waals surface area contributed by atoms with Crippen molar-refractivity contribution in [2.24, 2.45) is 0 Å². The van der Waals surface area contributed by atoms with Crippen molar-refractivity contribution in [2.45, 2.75) is 32.4 Å². The quantitative estimate of drug-likeness (QED) is 0.635. The van der Waals surface area contributed by atoms with Crippen molar-refractivity contribution in [2.75, 3.05) is 20.2 Å². The SMILES string of the molecule is COC1CCN(C(C)/C=C/C(C)=O)C1. The smallest absolute Gasteiger partial charge is 0.152 e. The van der Waals surface area contributed by atoms with Gasteiger partial charge in [0.05, 0.1) is 6.10 Å². The number of ether oxygens (including phenoxy) is 1. The molecule has 0 bridgehead atoms. The molecular formula is C11H19NO2. The molecule has 0 radical (unpaired) electrons. The van der Waals surface area contributed by atoms with Gasteiger partial charge < -0.3 is 4.74 Å². The van der Waals surface area contributed by atoms with E-state index in [0.29, 0.717) is 12.1 Å². The van der Waals surface area contributed by atoms with Crippen molar-refractivity contribution in [3.8, 4) is 0 Å². The van der Waals surface area contributed by atoms with E-state index in [0.717, 1.165) is 19.5 Å². The molecule has 14 heavy (non-hydrogen) atoms. The van der Waals surface area contributed by atoms with Crippen LogP contribution < -0.4 is 0 Å². The lowest BCUT2D eigenvalue weighted by Crippen LogP contribution is -2.30. The number of methoxy groups -OCH3 is 1. The van der Waals surface area contributed by atoms with Gasteiger partial charge >= 0.3 is 0 Å². The minimum atomic E-state index is 0.110. The maximum atomic E-state index is 10.8. The van der Waals surface area contributed by atoms with E-state index in [1.54, 1.807) is 20.1 Å². The Kier molecular flexibility index (Phi) is 4.29. The molecule has 0 aliphatic carbocycles. The second-order valence-corrected chi connectivity index (χ2v) is 3.85.